The van der Waals surface area contributed by atoms with Crippen molar-refractivity contribution < 1.29 is 14.6 Å². The summed E-state index contributed by atoms with van der Waals surface area (Å²) in [4.78, 5) is 18.7. The number of benzene rings is 1. The van der Waals surface area contributed by atoms with Gasteiger partial charge in [0, 0.05) is 12.7 Å². The first-order valence-corrected chi connectivity index (χ1v) is 8.13. The third kappa shape index (κ3) is 2.99. The predicted octanol–water partition coefficient (Wildman–Crippen LogP) is 2.60. The summed E-state index contributed by atoms with van der Waals surface area (Å²) in [6.07, 6.45) is 3.24. The van der Waals surface area contributed by atoms with Crippen molar-refractivity contribution in [2.45, 2.75) is 31.4 Å². The van der Waals surface area contributed by atoms with Crippen LogP contribution in [0.15, 0.2) is 48.7 Å². The Hall–Kier alpha value is -2.40. The minimum atomic E-state index is -1.13. The first kappa shape index (κ1) is 16.5. The van der Waals surface area contributed by atoms with Crippen LogP contribution < -0.4 is 4.74 Å². The van der Waals surface area contributed by atoms with Crippen LogP contribution in [0.3, 0.4) is 0 Å². The molecule has 3 rings (SSSR count). The Morgan fingerprint density at radius 2 is 2.04 bits per heavy atom. The van der Waals surface area contributed by atoms with E-state index in [1.165, 1.54) is 0 Å². The molecular weight excluding hydrogens is 304 g/mol. The summed E-state index contributed by atoms with van der Waals surface area (Å²) in [5, 5.41) is 11.2. The van der Waals surface area contributed by atoms with Crippen molar-refractivity contribution >= 4 is 5.91 Å². The molecule has 24 heavy (non-hydrogen) atoms. The standard InChI is InChI=1S/C19H22N2O3/c1-19(23,14-8-10-15(24-2)11-9-14)17-7-5-13-21(17)18(22)16-6-3-4-12-20-16/h3-4,6,8-12,17,23H,5,7,13H2,1-2H3. The number of likely N-dealkylation sites (tertiary alicyclic amines) is 1. The normalized spacial score (nSPS) is 19.8. The van der Waals surface area contributed by atoms with E-state index in [0.717, 1.165) is 24.2 Å². The highest BCUT2D eigenvalue weighted by molar-refractivity contribution is 5.92. The zero-order chi connectivity index (χ0) is 17.2. The van der Waals surface area contributed by atoms with Crippen molar-refractivity contribution in [3.8, 4) is 5.75 Å². The predicted molar refractivity (Wildman–Crippen MR) is 90.9 cm³/mol. The fraction of sp³-hybridized carbons (Fsp3) is 0.368. The number of amides is 1. The Morgan fingerprint density at radius 3 is 2.67 bits per heavy atom. The molecule has 0 bridgehead atoms. The summed E-state index contributed by atoms with van der Waals surface area (Å²) >= 11 is 0. The van der Waals surface area contributed by atoms with Gasteiger partial charge in [-0.15, -0.1) is 0 Å². The highest BCUT2D eigenvalue weighted by atomic mass is 16.5. The molecular formula is C19H22N2O3. The van der Waals surface area contributed by atoms with Gasteiger partial charge in [0.15, 0.2) is 0 Å². The van der Waals surface area contributed by atoms with E-state index in [4.69, 9.17) is 4.74 Å². The first-order valence-electron chi connectivity index (χ1n) is 8.13. The minimum absolute atomic E-state index is 0.133. The molecule has 2 aromatic rings. The lowest BCUT2D eigenvalue weighted by Crippen LogP contribution is -2.48. The van der Waals surface area contributed by atoms with E-state index in [2.05, 4.69) is 4.98 Å². The summed E-state index contributed by atoms with van der Waals surface area (Å²) in [6, 6.07) is 12.4. The zero-order valence-electron chi connectivity index (χ0n) is 14.0. The van der Waals surface area contributed by atoms with Gasteiger partial charge in [0.1, 0.15) is 17.0 Å². The highest BCUT2D eigenvalue weighted by Crippen LogP contribution is 2.35. The average Bonchev–Trinajstić information content (AvgIpc) is 3.12. The molecule has 2 unspecified atom stereocenters. The summed E-state index contributed by atoms with van der Waals surface area (Å²) in [7, 11) is 1.61. The lowest BCUT2D eigenvalue weighted by Gasteiger charge is -2.36. The molecule has 1 fully saturated rings. The molecule has 1 N–H and O–H groups in total. The van der Waals surface area contributed by atoms with Crippen LogP contribution in [-0.4, -0.2) is 40.6 Å². The molecule has 2 heterocycles. The zero-order valence-corrected chi connectivity index (χ0v) is 14.0. The second-order valence-electron chi connectivity index (χ2n) is 6.25. The van der Waals surface area contributed by atoms with E-state index in [1.807, 2.05) is 24.3 Å². The van der Waals surface area contributed by atoms with E-state index in [9.17, 15) is 9.90 Å². The van der Waals surface area contributed by atoms with Crippen molar-refractivity contribution in [3.63, 3.8) is 0 Å². The molecule has 0 aliphatic carbocycles. The van der Waals surface area contributed by atoms with E-state index < -0.39 is 5.60 Å². The van der Waals surface area contributed by atoms with Gasteiger partial charge in [0.25, 0.3) is 5.91 Å². The topological polar surface area (TPSA) is 62.7 Å². The van der Waals surface area contributed by atoms with Gasteiger partial charge < -0.3 is 14.7 Å². The van der Waals surface area contributed by atoms with Gasteiger partial charge in [0.2, 0.25) is 0 Å². The van der Waals surface area contributed by atoms with Gasteiger partial charge in [-0.3, -0.25) is 9.78 Å². The van der Waals surface area contributed by atoms with Crippen molar-refractivity contribution in [3.05, 3.63) is 59.9 Å². The van der Waals surface area contributed by atoms with E-state index in [-0.39, 0.29) is 11.9 Å². The van der Waals surface area contributed by atoms with Crippen LogP contribution in [0.25, 0.3) is 0 Å². The second-order valence-corrected chi connectivity index (χ2v) is 6.25. The number of ether oxygens (including phenoxy) is 1. The number of rotatable bonds is 4. The molecule has 1 aromatic carbocycles. The fourth-order valence-electron chi connectivity index (χ4n) is 3.35. The van der Waals surface area contributed by atoms with Gasteiger partial charge >= 0.3 is 0 Å². The highest BCUT2D eigenvalue weighted by Gasteiger charge is 2.43. The maximum atomic E-state index is 12.8. The smallest absolute Gasteiger partial charge is 0.272 e. The molecule has 1 aliphatic rings. The lowest BCUT2D eigenvalue weighted by molar-refractivity contribution is -0.0179. The Bertz CT molecular complexity index is 698. The molecule has 0 saturated carbocycles. The maximum absolute atomic E-state index is 12.8. The molecule has 1 aliphatic heterocycles. The van der Waals surface area contributed by atoms with Crippen molar-refractivity contribution in [1.82, 2.24) is 9.88 Å². The maximum Gasteiger partial charge on any atom is 0.272 e. The van der Waals surface area contributed by atoms with Gasteiger partial charge in [0.05, 0.1) is 13.2 Å². The largest absolute Gasteiger partial charge is 0.497 e. The number of aliphatic hydroxyl groups is 1. The number of hydrogen-bond acceptors (Lipinski definition) is 4. The number of aromatic nitrogens is 1. The summed E-state index contributed by atoms with van der Waals surface area (Å²) in [6.45, 7) is 2.40. The Balaban J connectivity index is 1.87. The number of hydrogen-bond donors (Lipinski definition) is 1. The summed E-state index contributed by atoms with van der Waals surface area (Å²) in [5.74, 6) is 0.606. The van der Waals surface area contributed by atoms with Gasteiger partial charge in [-0.05, 0) is 49.6 Å². The summed E-state index contributed by atoms with van der Waals surface area (Å²) in [5.41, 5.74) is 0.0525. The van der Waals surface area contributed by atoms with E-state index >= 15 is 0 Å². The second kappa shape index (κ2) is 6.61. The molecule has 126 valence electrons. The van der Waals surface area contributed by atoms with Crippen molar-refractivity contribution in [2.24, 2.45) is 0 Å². The third-order valence-corrected chi connectivity index (χ3v) is 4.72. The molecule has 0 spiro atoms. The number of methoxy groups -OCH3 is 1. The van der Waals surface area contributed by atoms with Crippen LogP contribution in [0, 0.1) is 0 Å². The average molecular weight is 326 g/mol. The van der Waals surface area contributed by atoms with Crippen LogP contribution in [0.1, 0.15) is 35.8 Å². The van der Waals surface area contributed by atoms with Crippen LogP contribution in [0.4, 0.5) is 0 Å². The Labute approximate surface area is 141 Å². The monoisotopic (exact) mass is 326 g/mol. The molecule has 1 aromatic heterocycles. The molecule has 1 amide bonds. The quantitative estimate of drug-likeness (QED) is 0.938. The molecule has 2 atom stereocenters. The van der Waals surface area contributed by atoms with Crippen LogP contribution >= 0.6 is 0 Å². The van der Waals surface area contributed by atoms with Gasteiger partial charge in [-0.1, -0.05) is 18.2 Å². The lowest BCUT2D eigenvalue weighted by atomic mass is 9.86. The number of pyridine rings is 1. The molecule has 0 radical (unpaired) electrons. The van der Waals surface area contributed by atoms with Crippen LogP contribution in [-0.2, 0) is 5.60 Å². The molecule has 1 saturated heterocycles. The third-order valence-electron chi connectivity index (χ3n) is 4.72. The van der Waals surface area contributed by atoms with Crippen molar-refractivity contribution in [1.29, 1.82) is 0 Å². The number of nitrogens with zero attached hydrogens (tertiary/aromatic N) is 2. The van der Waals surface area contributed by atoms with Crippen LogP contribution in [0.2, 0.25) is 0 Å². The van der Waals surface area contributed by atoms with Gasteiger partial charge in [-0.2, -0.15) is 0 Å². The van der Waals surface area contributed by atoms with Crippen LogP contribution in [0.5, 0.6) is 5.75 Å². The van der Waals surface area contributed by atoms with Gasteiger partial charge in [-0.25, -0.2) is 0 Å². The minimum Gasteiger partial charge on any atom is -0.497 e. The Kier molecular flexibility index (Phi) is 4.53. The first-order chi connectivity index (χ1) is 11.5. The number of carbonyl (C=O) groups is 1. The Morgan fingerprint density at radius 1 is 1.29 bits per heavy atom. The molecule has 5 nitrogen and oxygen atoms in total. The molecule has 5 heteroatoms. The summed E-state index contributed by atoms with van der Waals surface area (Å²) < 4.78 is 5.17. The fourth-order valence-corrected chi connectivity index (χ4v) is 3.35. The van der Waals surface area contributed by atoms with E-state index in [0.29, 0.717) is 12.2 Å². The van der Waals surface area contributed by atoms with E-state index in [1.54, 1.807) is 43.3 Å². The van der Waals surface area contributed by atoms with Crippen molar-refractivity contribution in [2.75, 3.05) is 13.7 Å². The SMILES string of the molecule is COc1ccc(C(C)(O)C2CCCN2C(=O)c2ccccn2)cc1. The number of carbonyl (C=O) groups excluding carboxylic acids is 1.